The molecule has 0 saturated carbocycles. The minimum Gasteiger partial charge on any atom is -0.382 e. The summed E-state index contributed by atoms with van der Waals surface area (Å²) in [5, 5.41) is 2.96. The number of benzene rings is 2. The molecule has 3 aromatic rings. The van der Waals surface area contributed by atoms with E-state index in [9.17, 15) is 14.0 Å². The van der Waals surface area contributed by atoms with E-state index in [1.165, 1.54) is 23.4 Å². The van der Waals surface area contributed by atoms with Crippen LogP contribution in [0.2, 0.25) is 0 Å². The smallest absolute Gasteiger partial charge is 0.254 e. The molecule has 8 heteroatoms. The maximum atomic E-state index is 14.9. The van der Waals surface area contributed by atoms with Crippen molar-refractivity contribution in [2.45, 2.75) is 0 Å². The molecule has 0 saturated heterocycles. The number of carbonyl (C=O) groups is 2. The molecule has 30 heavy (non-hydrogen) atoms. The molecule has 0 aliphatic rings. The normalized spacial score (nSPS) is 10.6. The summed E-state index contributed by atoms with van der Waals surface area (Å²) in [6, 6.07) is 11.6. The predicted octanol–water partition coefficient (Wildman–Crippen LogP) is 2.39. The number of likely N-dealkylation sites (N-methyl/N-ethyl adjacent to an activating group) is 1. The van der Waals surface area contributed by atoms with Crippen LogP contribution in [0.25, 0.3) is 22.4 Å². The highest BCUT2D eigenvalue weighted by Gasteiger charge is 2.19. The van der Waals surface area contributed by atoms with Gasteiger partial charge in [0.25, 0.3) is 5.91 Å². The summed E-state index contributed by atoms with van der Waals surface area (Å²) < 4.78 is 14.9. The van der Waals surface area contributed by atoms with E-state index < -0.39 is 5.82 Å². The Kier molecular flexibility index (Phi) is 6.82. The molecule has 0 radical (unpaired) electrons. The Bertz CT molecular complexity index is 1040. The summed E-state index contributed by atoms with van der Waals surface area (Å²) in [7, 11) is 1.77. The lowest BCUT2D eigenvalue weighted by atomic mass is 9.97. The lowest BCUT2D eigenvalue weighted by molar-refractivity contribution is -0.108. The van der Waals surface area contributed by atoms with Gasteiger partial charge in [-0.05, 0) is 36.4 Å². The summed E-state index contributed by atoms with van der Waals surface area (Å²) in [5.74, 6) is -0.531. The second-order valence-corrected chi connectivity index (χ2v) is 6.59. The molecule has 0 spiro atoms. The number of halogens is 1. The number of amides is 1. The molecular formula is C22H22FN5O2. The van der Waals surface area contributed by atoms with E-state index in [0.29, 0.717) is 41.8 Å². The van der Waals surface area contributed by atoms with Crippen molar-refractivity contribution in [1.29, 1.82) is 0 Å². The number of rotatable bonds is 8. The number of nitrogens with two attached hydrogens (primary N) is 1. The van der Waals surface area contributed by atoms with Gasteiger partial charge in [-0.2, -0.15) is 0 Å². The zero-order chi connectivity index (χ0) is 21.5. The molecule has 0 aliphatic heterocycles. The zero-order valence-corrected chi connectivity index (χ0v) is 16.5. The first-order valence-corrected chi connectivity index (χ1v) is 9.39. The van der Waals surface area contributed by atoms with Gasteiger partial charge in [0.2, 0.25) is 0 Å². The lowest BCUT2D eigenvalue weighted by Crippen LogP contribution is -2.37. The second-order valence-electron chi connectivity index (χ2n) is 6.59. The molecule has 1 amide bonds. The summed E-state index contributed by atoms with van der Waals surface area (Å²) in [4.78, 5) is 33.6. The van der Waals surface area contributed by atoms with Crippen LogP contribution in [0.5, 0.6) is 0 Å². The molecule has 0 unspecified atom stereocenters. The van der Waals surface area contributed by atoms with Crippen molar-refractivity contribution >= 4 is 18.0 Å². The average Bonchev–Trinajstić information content (AvgIpc) is 2.77. The Morgan fingerprint density at radius 2 is 1.97 bits per heavy atom. The van der Waals surface area contributed by atoms with Crippen LogP contribution in [-0.4, -0.2) is 53.7 Å². The number of anilines is 1. The molecule has 3 N–H and O–H groups in total. The van der Waals surface area contributed by atoms with Crippen LogP contribution in [0.15, 0.2) is 54.9 Å². The number of hydrogen-bond acceptors (Lipinski definition) is 6. The van der Waals surface area contributed by atoms with Gasteiger partial charge >= 0.3 is 0 Å². The van der Waals surface area contributed by atoms with E-state index in [1.54, 1.807) is 43.4 Å². The topological polar surface area (TPSA) is 101 Å². The number of nitrogens with zero attached hydrogens (tertiary/aromatic N) is 3. The maximum absolute atomic E-state index is 14.9. The minimum atomic E-state index is -0.492. The monoisotopic (exact) mass is 407 g/mol. The third kappa shape index (κ3) is 4.66. The van der Waals surface area contributed by atoms with Crippen LogP contribution in [0, 0.1) is 5.82 Å². The first-order chi connectivity index (χ1) is 14.5. The maximum Gasteiger partial charge on any atom is 0.254 e. The van der Waals surface area contributed by atoms with E-state index in [4.69, 9.17) is 5.73 Å². The van der Waals surface area contributed by atoms with Crippen LogP contribution in [0.3, 0.4) is 0 Å². The van der Waals surface area contributed by atoms with Gasteiger partial charge in [0.15, 0.2) is 0 Å². The molecule has 7 nitrogen and oxygen atoms in total. The Morgan fingerprint density at radius 1 is 1.17 bits per heavy atom. The Morgan fingerprint density at radius 3 is 2.63 bits per heavy atom. The number of carbonyl (C=O) groups excluding carboxylic acids is 2. The molecule has 0 aliphatic carbocycles. The number of hydrogen-bond donors (Lipinski definition) is 2. The summed E-state index contributed by atoms with van der Waals surface area (Å²) in [6.45, 7) is 0.914. The number of nitrogen functional groups attached to an aromatic ring is 1. The summed E-state index contributed by atoms with van der Waals surface area (Å²) in [5.41, 5.74) is 7.70. The molecule has 0 fully saturated rings. The zero-order valence-electron chi connectivity index (χ0n) is 16.5. The van der Waals surface area contributed by atoms with Crippen molar-refractivity contribution in [2.24, 2.45) is 0 Å². The SMILES string of the molecule is CNCCN(CC=O)C(=O)c1ccccc1-c1ccc(-c2cnc(N)cn2)c(F)c1. The van der Waals surface area contributed by atoms with Crippen LogP contribution >= 0.6 is 0 Å². The van der Waals surface area contributed by atoms with Crippen molar-refractivity contribution in [1.82, 2.24) is 20.2 Å². The fourth-order valence-corrected chi connectivity index (χ4v) is 3.07. The van der Waals surface area contributed by atoms with Gasteiger partial charge in [0.1, 0.15) is 17.9 Å². The van der Waals surface area contributed by atoms with E-state index in [-0.39, 0.29) is 23.8 Å². The van der Waals surface area contributed by atoms with E-state index >= 15 is 0 Å². The van der Waals surface area contributed by atoms with Gasteiger partial charge in [0.05, 0.1) is 24.6 Å². The van der Waals surface area contributed by atoms with Gasteiger partial charge in [-0.25, -0.2) is 9.37 Å². The van der Waals surface area contributed by atoms with Gasteiger partial charge in [0, 0.05) is 24.2 Å². The van der Waals surface area contributed by atoms with E-state index in [2.05, 4.69) is 15.3 Å². The molecular weight excluding hydrogens is 385 g/mol. The van der Waals surface area contributed by atoms with Crippen LogP contribution < -0.4 is 11.1 Å². The minimum absolute atomic E-state index is 0.0159. The van der Waals surface area contributed by atoms with Gasteiger partial charge in [-0.3, -0.25) is 9.78 Å². The average molecular weight is 407 g/mol. The molecule has 0 bridgehead atoms. The largest absolute Gasteiger partial charge is 0.382 e. The highest BCUT2D eigenvalue weighted by Crippen LogP contribution is 2.29. The fourth-order valence-electron chi connectivity index (χ4n) is 3.07. The van der Waals surface area contributed by atoms with Crippen molar-refractivity contribution in [3.63, 3.8) is 0 Å². The first-order valence-electron chi connectivity index (χ1n) is 9.39. The van der Waals surface area contributed by atoms with Crippen LogP contribution in [0.4, 0.5) is 10.2 Å². The van der Waals surface area contributed by atoms with E-state index in [0.717, 1.165) is 0 Å². The number of aromatic nitrogens is 2. The third-order valence-electron chi connectivity index (χ3n) is 4.60. The predicted molar refractivity (Wildman–Crippen MR) is 113 cm³/mol. The summed E-state index contributed by atoms with van der Waals surface area (Å²) in [6.07, 6.45) is 3.46. The fraction of sp³-hybridized carbons (Fsp3) is 0.182. The van der Waals surface area contributed by atoms with Crippen LogP contribution in [-0.2, 0) is 4.79 Å². The highest BCUT2D eigenvalue weighted by atomic mass is 19.1. The van der Waals surface area contributed by atoms with Gasteiger partial charge < -0.3 is 20.7 Å². The third-order valence-corrected chi connectivity index (χ3v) is 4.60. The van der Waals surface area contributed by atoms with Gasteiger partial charge in [-0.1, -0.05) is 24.3 Å². The highest BCUT2D eigenvalue weighted by molar-refractivity contribution is 6.01. The van der Waals surface area contributed by atoms with Crippen molar-refractivity contribution in [2.75, 3.05) is 32.4 Å². The standard InChI is InChI=1S/C22H22FN5O2/c1-25-8-9-28(10-11-29)22(30)17-5-3-2-4-16(17)15-6-7-18(19(23)12-15)20-13-27-21(24)14-26-20/h2-7,11-14,25H,8-10H2,1H3,(H2,24,27). The van der Waals surface area contributed by atoms with Crippen molar-refractivity contribution in [3.8, 4) is 22.4 Å². The quantitative estimate of drug-likeness (QED) is 0.556. The molecule has 3 rings (SSSR count). The molecule has 2 aromatic carbocycles. The van der Waals surface area contributed by atoms with Crippen molar-refractivity contribution < 1.29 is 14.0 Å². The molecule has 0 atom stereocenters. The van der Waals surface area contributed by atoms with E-state index in [1.807, 2.05) is 0 Å². The first kappa shape index (κ1) is 21.1. The van der Waals surface area contributed by atoms with Crippen molar-refractivity contribution in [3.05, 3.63) is 66.2 Å². The van der Waals surface area contributed by atoms with Gasteiger partial charge in [-0.15, -0.1) is 0 Å². The van der Waals surface area contributed by atoms with Crippen LogP contribution in [0.1, 0.15) is 10.4 Å². The molecule has 1 aromatic heterocycles. The Hall–Kier alpha value is -3.65. The Labute approximate surface area is 173 Å². The summed E-state index contributed by atoms with van der Waals surface area (Å²) >= 11 is 0. The number of nitrogens with one attached hydrogen (secondary N) is 1. The Balaban J connectivity index is 1.97. The second kappa shape index (κ2) is 9.71. The molecule has 154 valence electrons. The number of aldehydes is 1. The molecule has 1 heterocycles. The lowest BCUT2D eigenvalue weighted by Gasteiger charge is -2.21.